The predicted octanol–water partition coefficient (Wildman–Crippen LogP) is 3.94. The number of anilines is 1. The molecule has 0 atom stereocenters. The first-order valence-corrected chi connectivity index (χ1v) is 7.82. The van der Waals surface area contributed by atoms with E-state index >= 15 is 0 Å². The molecule has 21 heavy (non-hydrogen) atoms. The molecule has 0 bridgehead atoms. The van der Waals surface area contributed by atoms with Crippen LogP contribution in [0.3, 0.4) is 0 Å². The van der Waals surface area contributed by atoms with E-state index < -0.39 is 6.09 Å². The van der Waals surface area contributed by atoms with Crippen molar-refractivity contribution >= 4 is 17.6 Å². The molecule has 0 aliphatic heterocycles. The molecule has 0 radical (unpaired) electrons. The van der Waals surface area contributed by atoms with Crippen molar-refractivity contribution in [2.24, 2.45) is 5.92 Å². The Bertz CT molecular complexity index is 547. The number of carbonyl (C=O) groups is 2. The number of fused-ring (bicyclic) bond motifs is 1. The number of rotatable bonds is 3. The smallest absolute Gasteiger partial charge is 0.411 e. The number of hydrogen-bond acceptors (Lipinski definition) is 3. The highest BCUT2D eigenvalue weighted by atomic mass is 16.5. The van der Waals surface area contributed by atoms with E-state index in [1.54, 1.807) is 12.1 Å². The summed E-state index contributed by atoms with van der Waals surface area (Å²) >= 11 is 0. The summed E-state index contributed by atoms with van der Waals surface area (Å²) in [6.07, 6.45) is 7.05. The SMILES string of the molecule is O=C(Nc1ccc2c(c1)CCC2=O)OCC1CCCCC1. The van der Waals surface area contributed by atoms with Gasteiger partial charge >= 0.3 is 6.09 Å². The summed E-state index contributed by atoms with van der Waals surface area (Å²) in [5, 5.41) is 2.75. The van der Waals surface area contributed by atoms with E-state index in [4.69, 9.17) is 4.74 Å². The third kappa shape index (κ3) is 3.43. The van der Waals surface area contributed by atoms with E-state index in [0.717, 1.165) is 30.4 Å². The van der Waals surface area contributed by atoms with Gasteiger partial charge in [0.25, 0.3) is 0 Å². The average molecular weight is 287 g/mol. The second-order valence-corrected chi connectivity index (χ2v) is 6.02. The first-order chi connectivity index (χ1) is 10.2. The van der Waals surface area contributed by atoms with Crippen molar-refractivity contribution in [3.63, 3.8) is 0 Å². The highest BCUT2D eigenvalue weighted by Gasteiger charge is 2.20. The van der Waals surface area contributed by atoms with Gasteiger partial charge < -0.3 is 4.74 Å². The quantitative estimate of drug-likeness (QED) is 0.916. The van der Waals surface area contributed by atoms with E-state index in [9.17, 15) is 9.59 Å². The van der Waals surface area contributed by atoms with E-state index in [0.29, 0.717) is 24.6 Å². The van der Waals surface area contributed by atoms with Crippen molar-refractivity contribution in [3.8, 4) is 0 Å². The Morgan fingerprint density at radius 3 is 2.81 bits per heavy atom. The molecule has 1 saturated carbocycles. The van der Waals surface area contributed by atoms with Crippen molar-refractivity contribution in [3.05, 3.63) is 29.3 Å². The molecule has 112 valence electrons. The average Bonchev–Trinajstić information content (AvgIpc) is 2.87. The van der Waals surface area contributed by atoms with Crippen LogP contribution in [0.25, 0.3) is 0 Å². The molecule has 1 aromatic carbocycles. The Balaban J connectivity index is 1.51. The number of amides is 1. The van der Waals surface area contributed by atoms with Gasteiger partial charge in [0.05, 0.1) is 6.61 Å². The molecule has 1 amide bonds. The Hall–Kier alpha value is -1.84. The van der Waals surface area contributed by atoms with E-state index in [2.05, 4.69) is 5.32 Å². The summed E-state index contributed by atoms with van der Waals surface area (Å²) in [7, 11) is 0. The second-order valence-electron chi connectivity index (χ2n) is 6.02. The summed E-state index contributed by atoms with van der Waals surface area (Å²) in [5.74, 6) is 0.707. The van der Waals surface area contributed by atoms with Gasteiger partial charge in [0, 0.05) is 17.7 Å². The van der Waals surface area contributed by atoms with Crippen LogP contribution in [-0.4, -0.2) is 18.5 Å². The third-order valence-electron chi connectivity index (χ3n) is 4.45. The van der Waals surface area contributed by atoms with Gasteiger partial charge in [-0.3, -0.25) is 10.1 Å². The second kappa shape index (κ2) is 6.29. The maximum Gasteiger partial charge on any atom is 0.411 e. The minimum absolute atomic E-state index is 0.191. The predicted molar refractivity (Wildman–Crippen MR) is 80.6 cm³/mol. The lowest BCUT2D eigenvalue weighted by Crippen LogP contribution is -2.20. The standard InChI is InChI=1S/C17H21NO3/c19-16-9-6-13-10-14(7-8-15(13)16)18-17(20)21-11-12-4-2-1-3-5-12/h7-8,10,12H,1-6,9,11H2,(H,18,20). The zero-order valence-corrected chi connectivity index (χ0v) is 12.2. The summed E-state index contributed by atoms with van der Waals surface area (Å²) in [4.78, 5) is 23.4. The van der Waals surface area contributed by atoms with Crippen LogP contribution < -0.4 is 5.32 Å². The van der Waals surface area contributed by atoms with Gasteiger partial charge in [-0.1, -0.05) is 19.3 Å². The topological polar surface area (TPSA) is 55.4 Å². The van der Waals surface area contributed by atoms with Crippen LogP contribution in [0.1, 0.15) is 54.4 Å². The molecule has 0 heterocycles. The van der Waals surface area contributed by atoms with Crippen LogP contribution in [0, 0.1) is 5.92 Å². The van der Waals surface area contributed by atoms with Gasteiger partial charge in [-0.15, -0.1) is 0 Å². The molecular weight excluding hydrogens is 266 g/mol. The van der Waals surface area contributed by atoms with Crippen molar-refractivity contribution in [1.29, 1.82) is 0 Å². The van der Waals surface area contributed by atoms with E-state index in [1.165, 1.54) is 19.3 Å². The molecule has 4 nitrogen and oxygen atoms in total. The molecule has 3 rings (SSSR count). The number of Topliss-reactive ketones (excluding diaryl/α,β-unsaturated/α-hetero) is 1. The van der Waals surface area contributed by atoms with Crippen LogP contribution in [0.5, 0.6) is 0 Å². The van der Waals surface area contributed by atoms with Gasteiger partial charge in [-0.05, 0) is 48.9 Å². The number of hydrogen-bond donors (Lipinski definition) is 1. The molecule has 4 heteroatoms. The Labute approximate surface area is 124 Å². The first kappa shape index (κ1) is 14.1. The van der Waals surface area contributed by atoms with Crippen molar-refractivity contribution in [2.45, 2.75) is 44.9 Å². The maximum atomic E-state index is 11.8. The molecule has 1 fully saturated rings. The van der Waals surface area contributed by atoms with Crippen molar-refractivity contribution in [1.82, 2.24) is 0 Å². The lowest BCUT2D eigenvalue weighted by Gasteiger charge is -2.21. The molecular formula is C17H21NO3. The molecule has 0 unspecified atom stereocenters. The highest BCUT2D eigenvalue weighted by Crippen LogP contribution is 2.26. The molecule has 2 aliphatic rings. The van der Waals surface area contributed by atoms with Gasteiger partial charge in [0.15, 0.2) is 5.78 Å². The first-order valence-electron chi connectivity index (χ1n) is 7.82. The molecule has 1 N–H and O–H groups in total. The summed E-state index contributed by atoms with van der Waals surface area (Å²) < 4.78 is 5.31. The highest BCUT2D eigenvalue weighted by molar-refractivity contribution is 6.01. The summed E-state index contributed by atoms with van der Waals surface area (Å²) in [6, 6.07) is 5.44. The number of benzene rings is 1. The minimum Gasteiger partial charge on any atom is -0.449 e. The lowest BCUT2D eigenvalue weighted by atomic mass is 9.90. The van der Waals surface area contributed by atoms with Crippen LogP contribution in [0.15, 0.2) is 18.2 Å². The van der Waals surface area contributed by atoms with Crippen LogP contribution >= 0.6 is 0 Å². The number of ether oxygens (including phenoxy) is 1. The van der Waals surface area contributed by atoms with Gasteiger partial charge in [0.2, 0.25) is 0 Å². The lowest BCUT2D eigenvalue weighted by molar-refractivity contribution is 0.0994. The van der Waals surface area contributed by atoms with Gasteiger partial charge in [-0.2, -0.15) is 0 Å². The fourth-order valence-corrected chi connectivity index (χ4v) is 3.23. The van der Waals surface area contributed by atoms with Gasteiger partial charge in [-0.25, -0.2) is 4.79 Å². The molecule has 1 aromatic rings. The molecule has 0 saturated heterocycles. The molecule has 0 aromatic heterocycles. The zero-order chi connectivity index (χ0) is 14.7. The Morgan fingerprint density at radius 1 is 1.19 bits per heavy atom. The summed E-state index contributed by atoms with van der Waals surface area (Å²) in [6.45, 7) is 0.509. The number of carbonyl (C=O) groups excluding carboxylic acids is 2. The van der Waals surface area contributed by atoms with Crippen LogP contribution in [-0.2, 0) is 11.2 Å². The zero-order valence-electron chi connectivity index (χ0n) is 12.2. The van der Waals surface area contributed by atoms with E-state index in [1.807, 2.05) is 6.07 Å². The normalized spacial score (nSPS) is 18.4. The molecule has 2 aliphatic carbocycles. The fourth-order valence-electron chi connectivity index (χ4n) is 3.23. The number of ketones is 1. The van der Waals surface area contributed by atoms with E-state index in [-0.39, 0.29) is 5.78 Å². The van der Waals surface area contributed by atoms with Crippen molar-refractivity contribution in [2.75, 3.05) is 11.9 Å². The minimum atomic E-state index is -0.398. The maximum absolute atomic E-state index is 11.8. The third-order valence-corrected chi connectivity index (χ3v) is 4.45. The number of nitrogens with one attached hydrogen (secondary N) is 1. The molecule has 0 spiro atoms. The van der Waals surface area contributed by atoms with Crippen molar-refractivity contribution < 1.29 is 14.3 Å². The monoisotopic (exact) mass is 287 g/mol. The largest absolute Gasteiger partial charge is 0.449 e. The van der Waals surface area contributed by atoms with Crippen LogP contribution in [0.4, 0.5) is 10.5 Å². The van der Waals surface area contributed by atoms with Gasteiger partial charge in [0.1, 0.15) is 0 Å². The Kier molecular flexibility index (Phi) is 4.23. The van der Waals surface area contributed by atoms with Crippen LogP contribution in [0.2, 0.25) is 0 Å². The summed E-state index contributed by atoms with van der Waals surface area (Å²) in [5.41, 5.74) is 2.51. The number of aryl methyl sites for hydroxylation is 1. The fraction of sp³-hybridized carbons (Fsp3) is 0.529. The Morgan fingerprint density at radius 2 is 2.00 bits per heavy atom.